The smallest absolute Gasteiger partial charge is 0.325 e. The Hall–Kier alpha value is -3.61. The molecule has 27 heavy (non-hydrogen) atoms. The van der Waals surface area contributed by atoms with Crippen LogP contribution in [0.2, 0.25) is 0 Å². The minimum atomic E-state index is -0.721. The van der Waals surface area contributed by atoms with E-state index in [2.05, 4.69) is 5.32 Å². The average molecular weight is 367 g/mol. The predicted octanol–water partition coefficient (Wildman–Crippen LogP) is 2.60. The number of esters is 1. The maximum atomic E-state index is 12.1. The number of furan rings is 1. The number of rotatable bonds is 7. The molecule has 0 saturated heterocycles. The second-order valence-electron chi connectivity index (χ2n) is 5.64. The van der Waals surface area contributed by atoms with E-state index in [4.69, 9.17) is 13.9 Å². The van der Waals surface area contributed by atoms with Crippen molar-refractivity contribution in [2.45, 2.75) is 0 Å². The number of fused-ring (bicyclic) bond motifs is 1. The standard InChI is InChI=1S/C20H17NO6/c1-25-15-8-6-13(7-9-15)20(24)21-11-19(23)26-12-16(22)18-10-14-4-2-3-5-17(14)27-18/h2-10H,11-12H2,1H3,(H,21,24). The second-order valence-corrected chi connectivity index (χ2v) is 5.64. The lowest BCUT2D eigenvalue weighted by atomic mass is 10.2. The molecular formula is C20H17NO6. The van der Waals surface area contributed by atoms with Crippen LogP contribution >= 0.6 is 0 Å². The molecule has 1 N–H and O–H groups in total. The van der Waals surface area contributed by atoms with Crippen LogP contribution in [-0.2, 0) is 9.53 Å². The van der Waals surface area contributed by atoms with Gasteiger partial charge in [-0.1, -0.05) is 18.2 Å². The second kappa shape index (κ2) is 8.18. The molecule has 0 unspecified atom stereocenters. The lowest BCUT2D eigenvalue weighted by Crippen LogP contribution is -2.31. The van der Waals surface area contributed by atoms with Gasteiger partial charge in [0.1, 0.15) is 17.9 Å². The molecule has 7 nitrogen and oxygen atoms in total. The summed E-state index contributed by atoms with van der Waals surface area (Å²) in [5.41, 5.74) is 0.959. The van der Waals surface area contributed by atoms with Crippen molar-refractivity contribution in [2.75, 3.05) is 20.3 Å². The average Bonchev–Trinajstić information content (AvgIpc) is 3.14. The first-order chi connectivity index (χ1) is 13.1. The molecule has 1 aromatic heterocycles. The highest BCUT2D eigenvalue weighted by Crippen LogP contribution is 2.19. The summed E-state index contributed by atoms with van der Waals surface area (Å²) in [6, 6.07) is 15.2. The molecule has 0 aliphatic rings. The van der Waals surface area contributed by atoms with Crippen LogP contribution in [0.1, 0.15) is 20.9 Å². The highest BCUT2D eigenvalue weighted by atomic mass is 16.5. The first kappa shape index (κ1) is 18.2. The lowest BCUT2D eigenvalue weighted by molar-refractivity contribution is -0.141. The molecule has 3 aromatic rings. The van der Waals surface area contributed by atoms with E-state index in [1.807, 2.05) is 12.1 Å². The molecule has 0 atom stereocenters. The molecule has 0 bridgehead atoms. The van der Waals surface area contributed by atoms with Gasteiger partial charge in [0, 0.05) is 10.9 Å². The maximum Gasteiger partial charge on any atom is 0.325 e. The Balaban J connectivity index is 1.47. The SMILES string of the molecule is COc1ccc(C(=O)NCC(=O)OCC(=O)c2cc3ccccc3o2)cc1. The summed E-state index contributed by atoms with van der Waals surface area (Å²) in [5, 5.41) is 3.22. The van der Waals surface area contributed by atoms with Crippen LogP contribution in [0.25, 0.3) is 11.0 Å². The number of carbonyl (C=O) groups excluding carboxylic acids is 3. The van der Waals surface area contributed by atoms with E-state index in [0.29, 0.717) is 16.9 Å². The minimum Gasteiger partial charge on any atom is -0.497 e. The fourth-order valence-electron chi connectivity index (χ4n) is 2.38. The number of hydrogen-bond acceptors (Lipinski definition) is 6. The fraction of sp³-hybridized carbons (Fsp3) is 0.150. The quantitative estimate of drug-likeness (QED) is 0.509. The van der Waals surface area contributed by atoms with Crippen LogP contribution in [0.3, 0.4) is 0 Å². The maximum absolute atomic E-state index is 12.1. The van der Waals surface area contributed by atoms with E-state index in [0.717, 1.165) is 5.39 Å². The number of hydrogen-bond donors (Lipinski definition) is 1. The normalized spacial score (nSPS) is 10.4. The van der Waals surface area contributed by atoms with Crippen molar-refractivity contribution >= 4 is 28.6 Å². The van der Waals surface area contributed by atoms with Crippen LogP contribution in [0, 0.1) is 0 Å². The third kappa shape index (κ3) is 4.52. The van der Waals surface area contributed by atoms with Crippen molar-refractivity contribution in [3.8, 4) is 5.75 Å². The van der Waals surface area contributed by atoms with Crippen molar-refractivity contribution in [2.24, 2.45) is 0 Å². The highest BCUT2D eigenvalue weighted by Gasteiger charge is 2.15. The number of nitrogens with one attached hydrogen (secondary N) is 1. The van der Waals surface area contributed by atoms with Gasteiger partial charge < -0.3 is 19.2 Å². The fourth-order valence-corrected chi connectivity index (χ4v) is 2.38. The van der Waals surface area contributed by atoms with Gasteiger partial charge in [-0.3, -0.25) is 14.4 Å². The van der Waals surface area contributed by atoms with E-state index in [1.54, 1.807) is 42.5 Å². The minimum absolute atomic E-state index is 0.117. The molecule has 0 aliphatic heterocycles. The Kier molecular flexibility index (Phi) is 5.51. The number of benzene rings is 2. The number of carbonyl (C=O) groups is 3. The summed E-state index contributed by atoms with van der Waals surface area (Å²) in [6.45, 7) is -0.810. The van der Waals surface area contributed by atoms with Gasteiger partial charge in [-0.2, -0.15) is 0 Å². The highest BCUT2D eigenvalue weighted by molar-refractivity contribution is 5.99. The number of para-hydroxylation sites is 1. The monoisotopic (exact) mass is 367 g/mol. The van der Waals surface area contributed by atoms with Gasteiger partial charge in [0.25, 0.3) is 5.91 Å². The molecule has 0 spiro atoms. The van der Waals surface area contributed by atoms with Crippen molar-refractivity contribution in [3.63, 3.8) is 0 Å². The van der Waals surface area contributed by atoms with Gasteiger partial charge in [-0.25, -0.2) is 0 Å². The summed E-state index contributed by atoms with van der Waals surface area (Å²) in [5.74, 6) is -0.873. The van der Waals surface area contributed by atoms with Crippen molar-refractivity contribution in [1.82, 2.24) is 5.32 Å². The molecule has 138 valence electrons. The molecule has 0 fully saturated rings. The summed E-state index contributed by atoms with van der Waals surface area (Å²) in [7, 11) is 1.53. The predicted molar refractivity (Wildman–Crippen MR) is 96.8 cm³/mol. The van der Waals surface area contributed by atoms with Crippen LogP contribution in [0.15, 0.2) is 59.0 Å². The van der Waals surface area contributed by atoms with E-state index in [9.17, 15) is 14.4 Å². The molecular weight excluding hydrogens is 350 g/mol. The van der Waals surface area contributed by atoms with Crippen LogP contribution < -0.4 is 10.1 Å². The van der Waals surface area contributed by atoms with E-state index in [-0.39, 0.29) is 12.3 Å². The molecule has 1 amide bonds. The largest absolute Gasteiger partial charge is 0.497 e. The van der Waals surface area contributed by atoms with Gasteiger partial charge in [-0.05, 0) is 36.4 Å². The third-order valence-electron chi connectivity index (χ3n) is 3.81. The summed E-state index contributed by atoms with van der Waals surface area (Å²) in [6.07, 6.45) is 0. The zero-order valence-electron chi connectivity index (χ0n) is 14.6. The molecule has 3 rings (SSSR count). The van der Waals surface area contributed by atoms with Crippen LogP contribution in [-0.4, -0.2) is 37.9 Å². The topological polar surface area (TPSA) is 94.8 Å². The summed E-state index contributed by atoms with van der Waals surface area (Å²) >= 11 is 0. The Bertz CT molecular complexity index is 941. The summed E-state index contributed by atoms with van der Waals surface area (Å²) < 4.78 is 15.3. The zero-order valence-corrected chi connectivity index (χ0v) is 14.6. The van der Waals surface area contributed by atoms with Crippen LogP contribution in [0.4, 0.5) is 0 Å². The van der Waals surface area contributed by atoms with Gasteiger partial charge in [0.15, 0.2) is 12.4 Å². The number of ketones is 1. The Morgan fingerprint density at radius 1 is 1.04 bits per heavy atom. The number of Topliss-reactive ketones (excluding diaryl/α,β-unsaturated/α-hetero) is 1. The van der Waals surface area contributed by atoms with Gasteiger partial charge >= 0.3 is 5.97 Å². The Labute approximate surface area is 154 Å². The number of ether oxygens (including phenoxy) is 2. The molecule has 1 heterocycles. The van der Waals surface area contributed by atoms with E-state index < -0.39 is 24.3 Å². The van der Waals surface area contributed by atoms with E-state index in [1.165, 1.54) is 7.11 Å². The van der Waals surface area contributed by atoms with Gasteiger partial charge in [-0.15, -0.1) is 0 Å². The molecule has 0 saturated carbocycles. The van der Waals surface area contributed by atoms with Crippen molar-refractivity contribution in [1.29, 1.82) is 0 Å². The van der Waals surface area contributed by atoms with Gasteiger partial charge in [0.2, 0.25) is 5.78 Å². The van der Waals surface area contributed by atoms with Crippen molar-refractivity contribution in [3.05, 3.63) is 65.9 Å². The van der Waals surface area contributed by atoms with E-state index >= 15 is 0 Å². The zero-order chi connectivity index (χ0) is 19.2. The Morgan fingerprint density at radius 2 is 1.78 bits per heavy atom. The molecule has 0 aliphatic carbocycles. The van der Waals surface area contributed by atoms with Gasteiger partial charge in [0.05, 0.1) is 7.11 Å². The molecule has 2 aromatic carbocycles. The Morgan fingerprint density at radius 3 is 2.48 bits per heavy atom. The van der Waals surface area contributed by atoms with Crippen LogP contribution in [0.5, 0.6) is 5.75 Å². The third-order valence-corrected chi connectivity index (χ3v) is 3.81. The summed E-state index contributed by atoms with van der Waals surface area (Å²) in [4.78, 5) is 35.8. The molecule has 7 heteroatoms. The van der Waals surface area contributed by atoms with Crippen molar-refractivity contribution < 1.29 is 28.3 Å². The number of methoxy groups -OCH3 is 1. The first-order valence-corrected chi connectivity index (χ1v) is 8.16. The first-order valence-electron chi connectivity index (χ1n) is 8.16. The molecule has 0 radical (unpaired) electrons. The number of amides is 1. The lowest BCUT2D eigenvalue weighted by Gasteiger charge is -2.06.